The highest BCUT2D eigenvalue weighted by atomic mass is 32.2. The Hall–Kier alpha value is -2.89. The van der Waals surface area contributed by atoms with Gasteiger partial charge in [-0.05, 0) is 102 Å². The Morgan fingerprint density at radius 1 is 0.667 bits per heavy atom. The Bertz CT molecular complexity index is 1250. The Balaban J connectivity index is 0.000000580. The minimum absolute atomic E-state index is 0.223. The Morgan fingerprint density at radius 3 is 1.36 bits per heavy atom. The third-order valence-electron chi connectivity index (χ3n) is 4.53. The van der Waals surface area contributed by atoms with Crippen molar-refractivity contribution < 1.29 is 40.4 Å². The molecule has 0 saturated heterocycles. The van der Waals surface area contributed by atoms with Gasteiger partial charge in [0.05, 0.1) is 18.0 Å². The molecule has 0 unspecified atom stereocenters. The van der Waals surface area contributed by atoms with Gasteiger partial charge < -0.3 is 18.8 Å². The van der Waals surface area contributed by atoms with Crippen molar-refractivity contribution in [3.05, 3.63) is 72.8 Å². The summed E-state index contributed by atoms with van der Waals surface area (Å²) in [5, 5.41) is 0. The van der Waals surface area contributed by atoms with Gasteiger partial charge >= 0.3 is 5.51 Å². The predicted molar refractivity (Wildman–Crippen MR) is 145 cm³/mol. The zero-order valence-electron chi connectivity index (χ0n) is 22.8. The van der Waals surface area contributed by atoms with Crippen LogP contribution in [0.1, 0.15) is 41.5 Å². The number of benzene rings is 3. The minimum atomic E-state index is -6.09. The van der Waals surface area contributed by atoms with E-state index in [1.165, 1.54) is 14.7 Å². The summed E-state index contributed by atoms with van der Waals surface area (Å²) in [7, 11) is -4.67. The molecule has 3 aromatic rings. The van der Waals surface area contributed by atoms with Gasteiger partial charge in [0.2, 0.25) is 0 Å². The molecule has 0 aliphatic rings. The number of alkyl halides is 3. The van der Waals surface area contributed by atoms with Gasteiger partial charge in [0.25, 0.3) is 0 Å². The molecule has 0 spiro atoms. The second kappa shape index (κ2) is 12.5. The van der Waals surface area contributed by atoms with Crippen molar-refractivity contribution in [3.63, 3.8) is 0 Å². The lowest BCUT2D eigenvalue weighted by Crippen LogP contribution is -2.23. The molecule has 3 rings (SSSR count). The van der Waals surface area contributed by atoms with E-state index in [9.17, 15) is 13.2 Å². The second-order valence-corrected chi connectivity index (χ2v) is 13.7. The first-order valence-electron chi connectivity index (χ1n) is 11.8. The summed E-state index contributed by atoms with van der Waals surface area (Å²) < 4.78 is 76.4. The first-order valence-corrected chi connectivity index (χ1v) is 14.4. The average Bonchev–Trinajstić information content (AvgIpc) is 2.79. The third-order valence-corrected chi connectivity index (χ3v) is 7.31. The summed E-state index contributed by atoms with van der Waals surface area (Å²) >= 11 is 0. The quantitative estimate of drug-likeness (QED) is 0.173. The van der Waals surface area contributed by atoms with E-state index in [-0.39, 0.29) is 22.1 Å². The fourth-order valence-corrected chi connectivity index (χ4v) is 5.21. The van der Waals surface area contributed by atoms with Gasteiger partial charge in [0, 0.05) is 6.07 Å². The summed E-state index contributed by atoms with van der Waals surface area (Å²) in [6.45, 7) is 12.4. The molecule has 0 aromatic heterocycles. The molecule has 11 heteroatoms. The SMILES string of the molecule is COc1cccc([S+](c2ccc(OC(C)(C)C)cc2)c2ccc(OC(C)(C)C)cc2)c1.O=S(=O)([O-])C(F)(F)F. The van der Waals surface area contributed by atoms with Crippen LogP contribution in [0, 0.1) is 0 Å². The molecule has 0 fully saturated rings. The molecule has 0 heterocycles. The maximum atomic E-state index is 10.7. The number of rotatable bonds is 6. The summed E-state index contributed by atoms with van der Waals surface area (Å²) in [6.07, 6.45) is 0. The van der Waals surface area contributed by atoms with Crippen LogP contribution in [-0.4, -0.2) is 36.8 Å². The Morgan fingerprint density at radius 2 is 1.05 bits per heavy atom. The minimum Gasteiger partial charge on any atom is -0.741 e. The molecular formula is C28H33F3O6S2. The molecule has 0 radical (unpaired) electrons. The van der Waals surface area contributed by atoms with Crippen LogP contribution in [0.4, 0.5) is 13.2 Å². The molecule has 0 N–H and O–H groups in total. The van der Waals surface area contributed by atoms with Crippen LogP contribution in [0.5, 0.6) is 17.2 Å². The van der Waals surface area contributed by atoms with Crippen molar-refractivity contribution in [2.24, 2.45) is 0 Å². The van der Waals surface area contributed by atoms with Gasteiger partial charge in [-0.1, -0.05) is 6.07 Å². The van der Waals surface area contributed by atoms with E-state index >= 15 is 0 Å². The van der Waals surface area contributed by atoms with E-state index in [1.54, 1.807) is 7.11 Å². The van der Waals surface area contributed by atoms with Gasteiger partial charge in [0.15, 0.2) is 24.8 Å². The molecule has 3 aromatic carbocycles. The summed E-state index contributed by atoms with van der Waals surface area (Å²) in [5.41, 5.74) is -6.09. The number of halogens is 3. The van der Waals surface area contributed by atoms with Crippen molar-refractivity contribution in [3.8, 4) is 17.2 Å². The lowest BCUT2D eigenvalue weighted by Gasteiger charge is -2.21. The number of hydrogen-bond acceptors (Lipinski definition) is 6. The number of ether oxygens (including phenoxy) is 3. The molecule has 6 nitrogen and oxygen atoms in total. The van der Waals surface area contributed by atoms with Crippen LogP contribution in [0.25, 0.3) is 0 Å². The van der Waals surface area contributed by atoms with E-state index in [2.05, 4.69) is 102 Å². The molecule has 0 atom stereocenters. The molecular weight excluding hydrogens is 553 g/mol. The normalized spacial score (nSPS) is 12.4. The number of methoxy groups -OCH3 is 1. The Labute approximate surface area is 231 Å². The lowest BCUT2D eigenvalue weighted by molar-refractivity contribution is -0.0517. The smallest absolute Gasteiger partial charge is 0.485 e. The average molecular weight is 587 g/mol. The molecule has 0 aliphatic heterocycles. The van der Waals surface area contributed by atoms with E-state index in [4.69, 9.17) is 27.2 Å². The molecule has 214 valence electrons. The van der Waals surface area contributed by atoms with Crippen LogP contribution >= 0.6 is 0 Å². The van der Waals surface area contributed by atoms with Crippen LogP contribution in [-0.2, 0) is 21.0 Å². The monoisotopic (exact) mass is 586 g/mol. The summed E-state index contributed by atoms with van der Waals surface area (Å²) in [4.78, 5) is 3.64. The Kier molecular flexibility index (Phi) is 10.4. The van der Waals surface area contributed by atoms with Gasteiger partial charge in [0.1, 0.15) is 28.5 Å². The van der Waals surface area contributed by atoms with Crippen LogP contribution in [0.2, 0.25) is 0 Å². The zero-order chi connectivity index (χ0) is 29.6. The van der Waals surface area contributed by atoms with Crippen molar-refractivity contribution in [2.45, 2.75) is 72.9 Å². The summed E-state index contributed by atoms with van der Waals surface area (Å²) in [6, 6.07) is 25.1. The summed E-state index contributed by atoms with van der Waals surface area (Å²) in [5.74, 6) is 2.61. The zero-order valence-corrected chi connectivity index (χ0v) is 24.5. The first-order chi connectivity index (χ1) is 17.8. The maximum absolute atomic E-state index is 10.7. The van der Waals surface area contributed by atoms with E-state index in [0.29, 0.717) is 0 Å². The van der Waals surface area contributed by atoms with E-state index in [0.717, 1.165) is 17.2 Å². The van der Waals surface area contributed by atoms with Crippen LogP contribution in [0.3, 0.4) is 0 Å². The first kappa shape index (κ1) is 32.3. The fourth-order valence-electron chi connectivity index (χ4n) is 3.13. The molecule has 0 aliphatic carbocycles. The molecule has 0 bridgehead atoms. The highest BCUT2D eigenvalue weighted by molar-refractivity contribution is 7.97. The van der Waals surface area contributed by atoms with Gasteiger partial charge in [-0.2, -0.15) is 13.2 Å². The lowest BCUT2D eigenvalue weighted by atomic mass is 10.2. The fraction of sp³-hybridized carbons (Fsp3) is 0.357. The van der Waals surface area contributed by atoms with Crippen molar-refractivity contribution >= 4 is 21.0 Å². The van der Waals surface area contributed by atoms with E-state index < -0.39 is 15.6 Å². The topological polar surface area (TPSA) is 84.9 Å². The maximum Gasteiger partial charge on any atom is 0.485 e. The number of hydrogen-bond donors (Lipinski definition) is 0. The molecule has 39 heavy (non-hydrogen) atoms. The third kappa shape index (κ3) is 10.7. The highest BCUT2D eigenvalue weighted by Gasteiger charge is 2.37. The predicted octanol–water partition coefficient (Wildman–Crippen LogP) is 7.20. The van der Waals surface area contributed by atoms with Gasteiger partial charge in [-0.15, -0.1) is 0 Å². The second-order valence-electron chi connectivity index (χ2n) is 10.3. The largest absolute Gasteiger partial charge is 0.741 e. The van der Waals surface area contributed by atoms with Crippen LogP contribution < -0.4 is 14.2 Å². The van der Waals surface area contributed by atoms with Crippen molar-refractivity contribution in [2.75, 3.05) is 7.11 Å². The van der Waals surface area contributed by atoms with E-state index in [1.807, 2.05) is 12.1 Å². The van der Waals surface area contributed by atoms with Crippen LogP contribution in [0.15, 0.2) is 87.5 Å². The van der Waals surface area contributed by atoms with Gasteiger partial charge in [-0.3, -0.25) is 0 Å². The van der Waals surface area contributed by atoms with Gasteiger partial charge in [-0.25, -0.2) is 8.42 Å². The molecule has 0 amide bonds. The standard InChI is InChI=1S/C27H33O3S.CHF3O3S/c1-26(2,3)29-20-11-15-23(16-12-20)31(25-10-8-9-22(19-25)28-7)24-17-13-21(14-18-24)30-27(4,5)6;2-1(3,4)8(5,6)7/h8-19H,1-7H3;(H,5,6,7)/q+1;/p-1. The molecule has 0 saturated carbocycles. The van der Waals surface area contributed by atoms with Crippen molar-refractivity contribution in [1.82, 2.24) is 0 Å². The highest BCUT2D eigenvalue weighted by Crippen LogP contribution is 2.35. The van der Waals surface area contributed by atoms with Crippen molar-refractivity contribution in [1.29, 1.82) is 0 Å².